The zero-order valence-corrected chi connectivity index (χ0v) is 16.7. The summed E-state index contributed by atoms with van der Waals surface area (Å²) < 4.78 is 0. The molecule has 2 aliphatic heterocycles. The molecule has 25 heavy (non-hydrogen) atoms. The van der Waals surface area contributed by atoms with Gasteiger partial charge in [-0.15, -0.1) is 11.8 Å². The molecular weight excluding hydrogens is 364 g/mol. The molecule has 0 radical (unpaired) electrons. The van der Waals surface area contributed by atoms with Gasteiger partial charge in [0.15, 0.2) is 0 Å². The SMILES string of the molecule is CCN1/C(=C/C(=C/C2Nc3ccccc3S2)SC)Sc2ccccc21. The third kappa shape index (κ3) is 3.46. The van der Waals surface area contributed by atoms with Crippen LogP contribution >= 0.6 is 35.3 Å². The second-order valence-electron chi connectivity index (χ2n) is 5.75. The molecule has 1 N–H and O–H groups in total. The maximum absolute atomic E-state index is 3.59. The van der Waals surface area contributed by atoms with Gasteiger partial charge in [-0.2, -0.15) is 0 Å². The molecule has 1 unspecified atom stereocenters. The summed E-state index contributed by atoms with van der Waals surface area (Å²) in [7, 11) is 0. The van der Waals surface area contributed by atoms with E-state index in [0.717, 1.165) is 6.54 Å². The molecule has 0 amide bonds. The van der Waals surface area contributed by atoms with E-state index in [1.165, 1.54) is 31.1 Å². The highest BCUT2D eigenvalue weighted by Gasteiger charge is 2.24. The summed E-state index contributed by atoms with van der Waals surface area (Å²) in [4.78, 5) is 6.37. The van der Waals surface area contributed by atoms with Gasteiger partial charge in [0.05, 0.1) is 16.1 Å². The van der Waals surface area contributed by atoms with Crippen LogP contribution in [0, 0.1) is 0 Å². The van der Waals surface area contributed by atoms with Crippen molar-refractivity contribution in [1.29, 1.82) is 0 Å². The summed E-state index contributed by atoms with van der Waals surface area (Å²) in [6.45, 7) is 3.20. The average molecular weight is 385 g/mol. The number of nitrogens with zero attached hydrogens (tertiary/aromatic N) is 1. The molecule has 0 bridgehead atoms. The lowest BCUT2D eigenvalue weighted by Gasteiger charge is -2.18. The van der Waals surface area contributed by atoms with E-state index in [0.29, 0.717) is 5.37 Å². The molecule has 2 aromatic carbocycles. The maximum Gasteiger partial charge on any atom is 0.0970 e. The van der Waals surface area contributed by atoms with Gasteiger partial charge in [-0.25, -0.2) is 0 Å². The Hall–Kier alpha value is -1.43. The Labute approximate surface area is 162 Å². The van der Waals surface area contributed by atoms with Crippen molar-refractivity contribution in [3.8, 4) is 0 Å². The highest BCUT2D eigenvalue weighted by Crippen LogP contribution is 2.46. The number of anilines is 2. The van der Waals surface area contributed by atoms with Crippen LogP contribution in [0.25, 0.3) is 0 Å². The van der Waals surface area contributed by atoms with E-state index in [-0.39, 0.29) is 0 Å². The van der Waals surface area contributed by atoms with E-state index in [9.17, 15) is 0 Å². The minimum absolute atomic E-state index is 0.292. The first-order valence-electron chi connectivity index (χ1n) is 8.32. The maximum atomic E-state index is 3.59. The number of fused-ring (bicyclic) bond motifs is 2. The minimum atomic E-state index is 0.292. The Bertz CT molecular complexity index is 819. The Morgan fingerprint density at radius 3 is 2.68 bits per heavy atom. The van der Waals surface area contributed by atoms with Gasteiger partial charge in [0.2, 0.25) is 0 Å². The van der Waals surface area contributed by atoms with Crippen LogP contribution in [0.1, 0.15) is 6.92 Å². The first-order chi connectivity index (χ1) is 12.3. The Kier molecular flexibility index (Phi) is 5.06. The van der Waals surface area contributed by atoms with Gasteiger partial charge in [-0.1, -0.05) is 47.8 Å². The first kappa shape index (κ1) is 17.0. The number of thioether (sulfide) groups is 3. The van der Waals surface area contributed by atoms with Crippen LogP contribution in [-0.2, 0) is 0 Å². The van der Waals surface area contributed by atoms with E-state index < -0.39 is 0 Å². The number of rotatable bonds is 4. The van der Waals surface area contributed by atoms with Crippen LogP contribution < -0.4 is 10.2 Å². The molecule has 2 heterocycles. The molecule has 2 nitrogen and oxygen atoms in total. The smallest absolute Gasteiger partial charge is 0.0970 e. The molecule has 0 fully saturated rings. The molecule has 5 heteroatoms. The lowest BCUT2D eigenvalue weighted by molar-refractivity contribution is 1.00. The van der Waals surface area contributed by atoms with E-state index in [4.69, 9.17) is 0 Å². The second kappa shape index (κ2) is 7.44. The zero-order valence-electron chi connectivity index (χ0n) is 14.2. The molecule has 0 saturated heterocycles. The molecule has 128 valence electrons. The largest absolute Gasteiger partial charge is 0.369 e. The summed E-state index contributed by atoms with van der Waals surface area (Å²) in [5.41, 5.74) is 2.56. The highest BCUT2D eigenvalue weighted by molar-refractivity contribution is 8.04. The summed E-state index contributed by atoms with van der Waals surface area (Å²) in [5, 5.41) is 5.19. The quantitative estimate of drug-likeness (QED) is 0.668. The Balaban J connectivity index is 1.57. The first-order valence-corrected chi connectivity index (χ1v) is 11.2. The van der Waals surface area contributed by atoms with Gasteiger partial charge in [0.25, 0.3) is 0 Å². The van der Waals surface area contributed by atoms with E-state index in [1.54, 1.807) is 11.8 Å². The van der Waals surface area contributed by atoms with Crippen molar-refractivity contribution in [3.05, 3.63) is 70.6 Å². The lowest BCUT2D eigenvalue weighted by atomic mass is 10.3. The molecule has 1 atom stereocenters. The summed E-state index contributed by atoms with van der Waals surface area (Å²) in [5.74, 6) is 0. The van der Waals surface area contributed by atoms with Gasteiger partial charge in [-0.3, -0.25) is 0 Å². The average Bonchev–Trinajstić information content (AvgIpc) is 3.20. The van der Waals surface area contributed by atoms with Gasteiger partial charge < -0.3 is 10.2 Å². The second-order valence-corrected chi connectivity index (χ2v) is 8.87. The van der Waals surface area contributed by atoms with Crippen molar-refractivity contribution in [3.63, 3.8) is 0 Å². The van der Waals surface area contributed by atoms with Crippen LogP contribution in [0.5, 0.6) is 0 Å². The summed E-state index contributed by atoms with van der Waals surface area (Å²) in [6.07, 6.45) is 6.81. The summed E-state index contributed by atoms with van der Waals surface area (Å²) >= 11 is 5.55. The van der Waals surface area contributed by atoms with E-state index in [1.807, 2.05) is 23.5 Å². The van der Waals surface area contributed by atoms with Crippen molar-refractivity contribution in [2.45, 2.75) is 22.1 Å². The predicted molar refractivity (Wildman–Crippen MR) is 115 cm³/mol. The Morgan fingerprint density at radius 2 is 1.92 bits per heavy atom. The standard InChI is InChI=1S/C20H20N2S3/c1-3-22-16-9-5-7-11-18(16)25-20(22)13-14(23-2)12-19-21-15-8-4-6-10-17(15)24-19/h4-13,19,21H,3H2,1-2H3/b14-12-,20-13-. The van der Waals surface area contributed by atoms with Crippen molar-refractivity contribution in [1.82, 2.24) is 0 Å². The van der Waals surface area contributed by atoms with Crippen LogP contribution in [0.4, 0.5) is 11.4 Å². The van der Waals surface area contributed by atoms with Crippen molar-refractivity contribution >= 4 is 46.7 Å². The van der Waals surface area contributed by atoms with Crippen LogP contribution in [-0.4, -0.2) is 18.2 Å². The van der Waals surface area contributed by atoms with Crippen LogP contribution in [0.15, 0.2) is 80.4 Å². The number of para-hydroxylation sites is 2. The molecule has 0 aliphatic carbocycles. The number of hydrogen-bond donors (Lipinski definition) is 1. The van der Waals surface area contributed by atoms with Crippen molar-refractivity contribution in [2.75, 3.05) is 23.0 Å². The van der Waals surface area contributed by atoms with Crippen LogP contribution in [0.2, 0.25) is 0 Å². The van der Waals surface area contributed by atoms with E-state index >= 15 is 0 Å². The molecule has 4 rings (SSSR count). The Morgan fingerprint density at radius 1 is 1.16 bits per heavy atom. The monoisotopic (exact) mass is 384 g/mol. The number of benzene rings is 2. The predicted octanol–water partition coefficient (Wildman–Crippen LogP) is 6.25. The third-order valence-electron chi connectivity index (χ3n) is 4.21. The summed E-state index contributed by atoms with van der Waals surface area (Å²) in [6, 6.07) is 17.2. The third-order valence-corrected chi connectivity index (χ3v) is 7.16. The van der Waals surface area contributed by atoms with Crippen LogP contribution in [0.3, 0.4) is 0 Å². The fourth-order valence-corrected chi connectivity index (χ4v) is 5.94. The topological polar surface area (TPSA) is 15.3 Å². The lowest BCUT2D eigenvalue weighted by Crippen LogP contribution is -2.16. The number of hydrogen-bond acceptors (Lipinski definition) is 5. The van der Waals surface area contributed by atoms with Gasteiger partial charge >= 0.3 is 0 Å². The fourth-order valence-electron chi connectivity index (χ4n) is 3.02. The molecular formula is C20H20N2S3. The zero-order chi connectivity index (χ0) is 17.2. The minimum Gasteiger partial charge on any atom is -0.369 e. The molecule has 0 aromatic heterocycles. The van der Waals surface area contributed by atoms with Crippen molar-refractivity contribution < 1.29 is 0 Å². The normalized spacial score (nSPS) is 20.6. The highest BCUT2D eigenvalue weighted by atomic mass is 32.2. The number of allylic oxidation sites excluding steroid dienone is 1. The molecule has 0 spiro atoms. The molecule has 0 saturated carbocycles. The fraction of sp³-hybridized carbons (Fsp3) is 0.200. The van der Waals surface area contributed by atoms with Gasteiger partial charge in [0, 0.05) is 26.9 Å². The van der Waals surface area contributed by atoms with E-state index in [2.05, 4.69) is 84.1 Å². The van der Waals surface area contributed by atoms with Gasteiger partial charge in [-0.05, 0) is 49.6 Å². The molecule has 2 aromatic rings. The molecule has 2 aliphatic rings. The van der Waals surface area contributed by atoms with Gasteiger partial charge in [0.1, 0.15) is 0 Å². The number of nitrogens with one attached hydrogen (secondary N) is 1. The van der Waals surface area contributed by atoms with Crippen molar-refractivity contribution in [2.24, 2.45) is 0 Å².